The summed E-state index contributed by atoms with van der Waals surface area (Å²) >= 11 is 1.69. The summed E-state index contributed by atoms with van der Waals surface area (Å²) in [5, 5.41) is 13.0. The number of thiophene rings is 1. The van der Waals surface area contributed by atoms with Gasteiger partial charge in [0.05, 0.1) is 12.0 Å². The monoisotopic (exact) mass is 314 g/mol. The molecule has 1 N–H and O–H groups in total. The molecule has 0 atom stereocenters. The lowest BCUT2D eigenvalue weighted by Crippen LogP contribution is -2.08. The number of nitrogens with zero attached hydrogens (tertiary/aromatic N) is 3. The first-order valence-corrected chi connectivity index (χ1v) is 7.85. The molecule has 3 rings (SSSR count). The van der Waals surface area contributed by atoms with Crippen molar-refractivity contribution in [3.8, 4) is 6.07 Å². The number of aryl methyl sites for hydroxylation is 2. The van der Waals surface area contributed by atoms with Gasteiger partial charge in [-0.1, -0.05) is 0 Å². The van der Waals surface area contributed by atoms with Crippen LogP contribution in [0.15, 0.2) is 18.1 Å². The molecule has 2 aromatic rings. The average Bonchev–Trinajstić information content (AvgIpc) is 3.08. The minimum absolute atomic E-state index is 0.0829. The predicted octanol–water partition coefficient (Wildman–Crippen LogP) is 2.56. The molecule has 2 aromatic heterocycles. The zero-order valence-electron chi connectivity index (χ0n) is 12.0. The maximum atomic E-state index is 11.6. The van der Waals surface area contributed by atoms with Crippen molar-refractivity contribution < 1.29 is 9.53 Å². The summed E-state index contributed by atoms with van der Waals surface area (Å²) in [6.45, 7) is 1.93. The van der Waals surface area contributed by atoms with Crippen LogP contribution in [0, 0.1) is 11.3 Å². The van der Waals surface area contributed by atoms with Crippen molar-refractivity contribution in [2.45, 2.75) is 26.2 Å². The molecule has 2 heterocycles. The van der Waals surface area contributed by atoms with Gasteiger partial charge in [-0.2, -0.15) is 5.26 Å². The smallest absolute Gasteiger partial charge is 0.350 e. The van der Waals surface area contributed by atoms with Gasteiger partial charge in [0.2, 0.25) is 0 Å². The maximum absolute atomic E-state index is 11.6. The molecule has 6 nitrogen and oxygen atoms in total. The van der Waals surface area contributed by atoms with Crippen molar-refractivity contribution in [2.24, 2.45) is 0 Å². The Kier molecular flexibility index (Phi) is 4.02. The van der Waals surface area contributed by atoms with E-state index < -0.39 is 5.97 Å². The quantitative estimate of drug-likeness (QED) is 0.530. The number of hydrogen-bond donors (Lipinski definition) is 1. The van der Waals surface area contributed by atoms with Crippen LogP contribution >= 0.6 is 11.3 Å². The van der Waals surface area contributed by atoms with E-state index in [2.05, 4.69) is 15.3 Å². The number of rotatable bonds is 4. The standard InChI is InChI=1S/C15H14N4O2S/c1-2-21-15(20)9(6-16)7-17-13-12-10-4-3-5-11(10)22-14(12)19-8-18-13/h7-8H,2-5H2,1H3,(H,17,18,19)/b9-7+. The largest absolute Gasteiger partial charge is 0.462 e. The first-order valence-electron chi connectivity index (χ1n) is 7.03. The molecular formula is C15H14N4O2S. The zero-order valence-corrected chi connectivity index (χ0v) is 12.9. The van der Waals surface area contributed by atoms with Crippen LogP contribution in [-0.4, -0.2) is 22.5 Å². The Bertz CT molecular complexity index is 804. The molecule has 0 radical (unpaired) electrons. The maximum Gasteiger partial charge on any atom is 0.350 e. The Morgan fingerprint density at radius 3 is 3.18 bits per heavy atom. The summed E-state index contributed by atoms with van der Waals surface area (Å²) in [4.78, 5) is 22.5. The highest BCUT2D eigenvalue weighted by atomic mass is 32.1. The number of carbonyl (C=O) groups is 1. The fourth-order valence-electron chi connectivity index (χ4n) is 2.52. The van der Waals surface area contributed by atoms with Gasteiger partial charge in [-0.15, -0.1) is 11.3 Å². The lowest BCUT2D eigenvalue weighted by atomic mass is 10.2. The zero-order chi connectivity index (χ0) is 15.5. The molecule has 0 saturated heterocycles. The van der Waals surface area contributed by atoms with Gasteiger partial charge in [-0.05, 0) is 31.7 Å². The molecule has 1 aliphatic rings. The SMILES string of the molecule is CCOC(=O)/C(C#N)=C/Nc1ncnc2sc3c(c12)CCC3. The number of aromatic nitrogens is 2. The summed E-state index contributed by atoms with van der Waals surface area (Å²) in [6, 6.07) is 1.83. The fourth-order valence-corrected chi connectivity index (χ4v) is 3.75. The van der Waals surface area contributed by atoms with E-state index in [9.17, 15) is 4.79 Å². The third kappa shape index (κ3) is 2.53. The second kappa shape index (κ2) is 6.12. The van der Waals surface area contributed by atoms with E-state index in [4.69, 9.17) is 10.00 Å². The molecule has 1 aliphatic carbocycles. The third-order valence-electron chi connectivity index (χ3n) is 3.47. The van der Waals surface area contributed by atoms with Crippen LogP contribution in [-0.2, 0) is 22.4 Å². The van der Waals surface area contributed by atoms with Crippen molar-refractivity contribution in [3.05, 3.63) is 28.5 Å². The summed E-state index contributed by atoms with van der Waals surface area (Å²) in [5.74, 6) is -0.0141. The molecule has 0 aromatic carbocycles. The summed E-state index contributed by atoms with van der Waals surface area (Å²) in [7, 11) is 0. The molecule has 22 heavy (non-hydrogen) atoms. The van der Waals surface area contributed by atoms with Crippen LogP contribution in [0.4, 0.5) is 5.82 Å². The summed E-state index contributed by atoms with van der Waals surface area (Å²) in [6.07, 6.45) is 6.08. The van der Waals surface area contributed by atoms with E-state index >= 15 is 0 Å². The van der Waals surface area contributed by atoms with Crippen LogP contribution < -0.4 is 5.32 Å². The molecule has 0 fully saturated rings. The molecular weight excluding hydrogens is 300 g/mol. The van der Waals surface area contributed by atoms with Crippen LogP contribution in [0.2, 0.25) is 0 Å². The van der Waals surface area contributed by atoms with Crippen LogP contribution in [0.5, 0.6) is 0 Å². The Labute approximate surface area is 131 Å². The van der Waals surface area contributed by atoms with E-state index in [1.54, 1.807) is 18.3 Å². The summed E-state index contributed by atoms with van der Waals surface area (Å²) in [5.41, 5.74) is 1.20. The Morgan fingerprint density at radius 1 is 1.55 bits per heavy atom. The minimum Gasteiger partial charge on any atom is -0.462 e. The molecule has 7 heteroatoms. The number of nitrogens with one attached hydrogen (secondary N) is 1. The Hall–Kier alpha value is -2.46. The van der Waals surface area contributed by atoms with Gasteiger partial charge in [0.15, 0.2) is 5.57 Å². The average molecular weight is 314 g/mol. The molecule has 0 amide bonds. The van der Waals surface area contributed by atoms with Crippen molar-refractivity contribution in [3.63, 3.8) is 0 Å². The number of ether oxygens (including phenoxy) is 1. The number of esters is 1. The van der Waals surface area contributed by atoms with E-state index in [0.717, 1.165) is 29.5 Å². The van der Waals surface area contributed by atoms with Gasteiger partial charge in [-0.3, -0.25) is 0 Å². The lowest BCUT2D eigenvalue weighted by Gasteiger charge is -2.04. The predicted molar refractivity (Wildman–Crippen MR) is 83.4 cm³/mol. The van der Waals surface area contributed by atoms with E-state index in [0.29, 0.717) is 5.82 Å². The van der Waals surface area contributed by atoms with Crippen molar-refractivity contribution in [1.82, 2.24) is 9.97 Å². The highest BCUT2D eigenvalue weighted by molar-refractivity contribution is 7.19. The topological polar surface area (TPSA) is 87.9 Å². The van der Waals surface area contributed by atoms with Gasteiger partial charge in [-0.25, -0.2) is 14.8 Å². The van der Waals surface area contributed by atoms with Crippen molar-refractivity contribution in [2.75, 3.05) is 11.9 Å². The van der Waals surface area contributed by atoms with Gasteiger partial charge in [0.1, 0.15) is 23.0 Å². The Balaban J connectivity index is 1.94. The van der Waals surface area contributed by atoms with Crippen LogP contribution in [0.1, 0.15) is 23.8 Å². The lowest BCUT2D eigenvalue weighted by molar-refractivity contribution is -0.138. The molecule has 112 valence electrons. The second-order valence-electron chi connectivity index (χ2n) is 4.79. The number of fused-ring (bicyclic) bond motifs is 3. The van der Waals surface area contributed by atoms with Crippen molar-refractivity contribution in [1.29, 1.82) is 5.26 Å². The van der Waals surface area contributed by atoms with Crippen molar-refractivity contribution >= 4 is 33.3 Å². The van der Waals surface area contributed by atoms with Crippen LogP contribution in [0.3, 0.4) is 0 Å². The normalized spacial score (nSPS) is 13.7. The van der Waals surface area contributed by atoms with Gasteiger partial charge < -0.3 is 10.1 Å². The molecule has 0 saturated carbocycles. The first-order chi connectivity index (χ1) is 10.7. The third-order valence-corrected chi connectivity index (χ3v) is 4.67. The number of hydrogen-bond acceptors (Lipinski definition) is 7. The molecule has 0 bridgehead atoms. The molecule has 0 spiro atoms. The first kappa shape index (κ1) is 14.5. The highest BCUT2D eigenvalue weighted by Gasteiger charge is 2.21. The number of carbonyl (C=O) groups excluding carboxylic acids is 1. The molecule has 0 unspecified atom stereocenters. The Morgan fingerprint density at radius 2 is 2.41 bits per heavy atom. The van der Waals surface area contributed by atoms with E-state index in [1.165, 1.54) is 23.0 Å². The molecule has 0 aliphatic heterocycles. The van der Waals surface area contributed by atoms with Gasteiger partial charge in [0, 0.05) is 11.1 Å². The van der Waals surface area contributed by atoms with Gasteiger partial charge >= 0.3 is 5.97 Å². The minimum atomic E-state index is -0.640. The van der Waals surface area contributed by atoms with Crippen LogP contribution in [0.25, 0.3) is 10.2 Å². The number of nitriles is 1. The van der Waals surface area contributed by atoms with E-state index in [-0.39, 0.29) is 12.2 Å². The second-order valence-corrected chi connectivity index (χ2v) is 5.88. The van der Waals surface area contributed by atoms with E-state index in [1.807, 2.05) is 6.07 Å². The van der Waals surface area contributed by atoms with Gasteiger partial charge in [0.25, 0.3) is 0 Å². The highest BCUT2D eigenvalue weighted by Crippen LogP contribution is 2.38. The fraction of sp³-hybridized carbons (Fsp3) is 0.333. The summed E-state index contributed by atoms with van der Waals surface area (Å²) < 4.78 is 4.83. The number of anilines is 1.